The Balaban J connectivity index is 2.31. The summed E-state index contributed by atoms with van der Waals surface area (Å²) in [6, 6.07) is 5.78. The van der Waals surface area contributed by atoms with Gasteiger partial charge in [-0.05, 0) is 17.6 Å². The van der Waals surface area contributed by atoms with Gasteiger partial charge in [-0.1, -0.05) is 12.1 Å². The highest BCUT2D eigenvalue weighted by molar-refractivity contribution is 7.99. The van der Waals surface area contributed by atoms with Crippen LogP contribution in [-0.2, 0) is 10.0 Å². The Morgan fingerprint density at radius 1 is 1.22 bits per heavy atom. The van der Waals surface area contributed by atoms with Gasteiger partial charge in [0, 0.05) is 24.6 Å². The molecule has 1 saturated heterocycles. The average Bonchev–Trinajstić information content (AvgIpc) is 2.40. The fourth-order valence-electron chi connectivity index (χ4n) is 1.77. The zero-order valence-electron chi connectivity index (χ0n) is 9.69. The van der Waals surface area contributed by atoms with Gasteiger partial charge in [0.05, 0.1) is 4.90 Å². The SMILES string of the molecule is O=S(=O)(c1cccc(B(O)O)c1)N1CCSCC1. The Morgan fingerprint density at radius 2 is 1.89 bits per heavy atom. The molecule has 0 atom stereocenters. The molecular formula is C10H14BNO4S2. The lowest BCUT2D eigenvalue weighted by molar-refractivity contribution is 0.425. The summed E-state index contributed by atoms with van der Waals surface area (Å²) in [5, 5.41) is 18.1. The first-order chi connectivity index (χ1) is 8.51. The number of hydrogen-bond donors (Lipinski definition) is 2. The summed E-state index contributed by atoms with van der Waals surface area (Å²) in [6.07, 6.45) is 0. The molecule has 0 radical (unpaired) electrons. The summed E-state index contributed by atoms with van der Waals surface area (Å²) >= 11 is 1.73. The van der Waals surface area contributed by atoms with E-state index in [1.54, 1.807) is 11.8 Å². The van der Waals surface area contributed by atoms with Crippen molar-refractivity contribution in [2.24, 2.45) is 0 Å². The topological polar surface area (TPSA) is 77.8 Å². The van der Waals surface area contributed by atoms with Gasteiger partial charge in [-0.15, -0.1) is 0 Å². The van der Waals surface area contributed by atoms with E-state index >= 15 is 0 Å². The Morgan fingerprint density at radius 3 is 2.50 bits per heavy atom. The fraction of sp³-hybridized carbons (Fsp3) is 0.400. The predicted octanol–water partition coefficient (Wildman–Crippen LogP) is -0.896. The molecule has 8 heteroatoms. The molecule has 2 N–H and O–H groups in total. The van der Waals surface area contributed by atoms with Gasteiger partial charge in [0.1, 0.15) is 0 Å². The summed E-state index contributed by atoms with van der Waals surface area (Å²) in [5.74, 6) is 1.59. The molecule has 1 aromatic rings. The molecule has 5 nitrogen and oxygen atoms in total. The van der Waals surface area contributed by atoms with Crippen LogP contribution in [0.2, 0.25) is 0 Å². The zero-order chi connectivity index (χ0) is 13.2. The van der Waals surface area contributed by atoms with E-state index in [-0.39, 0.29) is 10.4 Å². The number of thioether (sulfide) groups is 1. The van der Waals surface area contributed by atoms with E-state index in [1.807, 2.05) is 0 Å². The molecule has 1 aliphatic heterocycles. The van der Waals surface area contributed by atoms with Crippen LogP contribution in [0, 0.1) is 0 Å². The number of rotatable bonds is 3. The highest BCUT2D eigenvalue weighted by Crippen LogP contribution is 2.19. The molecule has 18 heavy (non-hydrogen) atoms. The van der Waals surface area contributed by atoms with Crippen LogP contribution in [-0.4, -0.2) is 54.5 Å². The van der Waals surface area contributed by atoms with Crippen LogP contribution in [0.25, 0.3) is 0 Å². The minimum Gasteiger partial charge on any atom is -0.423 e. The van der Waals surface area contributed by atoms with Crippen molar-refractivity contribution in [2.75, 3.05) is 24.6 Å². The lowest BCUT2D eigenvalue weighted by Crippen LogP contribution is -2.38. The quantitative estimate of drug-likeness (QED) is 0.705. The van der Waals surface area contributed by atoms with Crippen LogP contribution in [0.5, 0.6) is 0 Å². The largest absolute Gasteiger partial charge is 0.488 e. The third-order valence-electron chi connectivity index (χ3n) is 2.76. The normalized spacial score (nSPS) is 17.7. The molecule has 0 aromatic heterocycles. The molecular weight excluding hydrogens is 273 g/mol. The molecule has 1 fully saturated rings. The van der Waals surface area contributed by atoms with Gasteiger partial charge >= 0.3 is 7.12 Å². The molecule has 1 aliphatic rings. The van der Waals surface area contributed by atoms with E-state index in [0.717, 1.165) is 11.5 Å². The second-order valence-corrected chi connectivity index (χ2v) is 7.13. The van der Waals surface area contributed by atoms with Gasteiger partial charge in [-0.2, -0.15) is 16.1 Å². The van der Waals surface area contributed by atoms with Crippen LogP contribution in [0.4, 0.5) is 0 Å². The van der Waals surface area contributed by atoms with Crippen molar-refractivity contribution in [2.45, 2.75) is 4.90 Å². The highest BCUT2D eigenvalue weighted by atomic mass is 32.2. The Kier molecular flexibility index (Phi) is 4.34. The van der Waals surface area contributed by atoms with Crippen molar-refractivity contribution >= 4 is 34.4 Å². The lowest BCUT2D eigenvalue weighted by Gasteiger charge is -2.25. The van der Waals surface area contributed by atoms with Gasteiger partial charge in [0.15, 0.2) is 0 Å². The van der Waals surface area contributed by atoms with E-state index in [1.165, 1.54) is 28.6 Å². The molecule has 0 unspecified atom stereocenters. The molecule has 98 valence electrons. The summed E-state index contributed by atoms with van der Waals surface area (Å²) in [6.45, 7) is 0.998. The maximum atomic E-state index is 12.3. The second-order valence-electron chi connectivity index (χ2n) is 3.96. The van der Waals surface area contributed by atoms with E-state index in [4.69, 9.17) is 10.0 Å². The third kappa shape index (κ3) is 2.89. The van der Waals surface area contributed by atoms with Crippen LogP contribution >= 0.6 is 11.8 Å². The summed E-state index contributed by atoms with van der Waals surface area (Å²) in [5.41, 5.74) is 0.183. The van der Waals surface area contributed by atoms with Gasteiger partial charge < -0.3 is 10.0 Å². The zero-order valence-corrected chi connectivity index (χ0v) is 11.3. The van der Waals surface area contributed by atoms with E-state index in [2.05, 4.69) is 0 Å². The van der Waals surface area contributed by atoms with Crippen LogP contribution in [0.3, 0.4) is 0 Å². The molecule has 0 spiro atoms. The number of hydrogen-bond acceptors (Lipinski definition) is 5. The van der Waals surface area contributed by atoms with Crippen molar-refractivity contribution in [1.29, 1.82) is 0 Å². The molecule has 1 aromatic carbocycles. The van der Waals surface area contributed by atoms with Crippen LogP contribution < -0.4 is 5.46 Å². The van der Waals surface area contributed by atoms with E-state index in [0.29, 0.717) is 13.1 Å². The van der Waals surface area contributed by atoms with Crippen molar-refractivity contribution < 1.29 is 18.5 Å². The predicted molar refractivity (Wildman–Crippen MR) is 72.4 cm³/mol. The Labute approximate surface area is 111 Å². The second kappa shape index (κ2) is 5.62. The first kappa shape index (κ1) is 13.9. The van der Waals surface area contributed by atoms with E-state index < -0.39 is 17.1 Å². The highest BCUT2D eigenvalue weighted by Gasteiger charge is 2.26. The first-order valence-electron chi connectivity index (χ1n) is 5.56. The van der Waals surface area contributed by atoms with Gasteiger partial charge in [-0.3, -0.25) is 0 Å². The summed E-state index contributed by atoms with van der Waals surface area (Å²) in [4.78, 5) is 0.111. The van der Waals surface area contributed by atoms with Gasteiger partial charge in [0.2, 0.25) is 10.0 Å². The first-order valence-corrected chi connectivity index (χ1v) is 8.15. The molecule has 2 rings (SSSR count). The Hall–Kier alpha value is -0.535. The molecule has 0 saturated carbocycles. The minimum absolute atomic E-state index is 0.111. The Bertz CT molecular complexity index is 514. The number of nitrogens with zero attached hydrogens (tertiary/aromatic N) is 1. The van der Waals surface area contributed by atoms with Crippen molar-refractivity contribution in [3.05, 3.63) is 24.3 Å². The maximum Gasteiger partial charge on any atom is 0.488 e. The van der Waals surface area contributed by atoms with Crippen molar-refractivity contribution in [1.82, 2.24) is 4.31 Å². The van der Waals surface area contributed by atoms with Gasteiger partial charge in [-0.25, -0.2) is 8.42 Å². The average molecular weight is 287 g/mol. The van der Waals surface area contributed by atoms with Crippen LogP contribution in [0.1, 0.15) is 0 Å². The number of sulfonamides is 1. The van der Waals surface area contributed by atoms with E-state index in [9.17, 15) is 8.42 Å². The summed E-state index contributed by atoms with van der Waals surface area (Å²) < 4.78 is 26.1. The molecule has 0 bridgehead atoms. The van der Waals surface area contributed by atoms with Crippen molar-refractivity contribution in [3.8, 4) is 0 Å². The monoisotopic (exact) mass is 287 g/mol. The van der Waals surface area contributed by atoms with Crippen molar-refractivity contribution in [3.63, 3.8) is 0 Å². The third-order valence-corrected chi connectivity index (χ3v) is 5.60. The van der Waals surface area contributed by atoms with Crippen LogP contribution in [0.15, 0.2) is 29.2 Å². The fourth-order valence-corrected chi connectivity index (χ4v) is 4.40. The lowest BCUT2D eigenvalue weighted by atomic mass is 9.80. The van der Waals surface area contributed by atoms with Gasteiger partial charge in [0.25, 0.3) is 0 Å². The molecule has 0 aliphatic carbocycles. The molecule has 0 amide bonds. The summed E-state index contributed by atoms with van der Waals surface area (Å²) in [7, 11) is -5.18. The standard InChI is InChI=1S/C10H14BNO4S2/c13-11(14)9-2-1-3-10(8-9)18(15,16)12-4-6-17-7-5-12/h1-3,8,13-14H,4-7H2. The minimum atomic E-state index is -3.52. The number of benzene rings is 1. The smallest absolute Gasteiger partial charge is 0.423 e. The maximum absolute atomic E-state index is 12.3. The molecule has 1 heterocycles.